The first-order valence-electron chi connectivity index (χ1n) is 14.2. The summed E-state index contributed by atoms with van der Waals surface area (Å²) in [6.07, 6.45) is 11.5. The standard InChI is InChI=1S/C32H43NO4S/c1-6-9-14-28-30(26-22-24(15-17-27(26)37-28)32(35)36-23(4)5)31(34)29-18-16-25(38-29)13-12-21-33(19-10-7-2)20-11-8-3/h12-13,15-18,22-23H,6-11,14,19-21H2,1-5H3/b13-12+. The molecule has 0 spiro atoms. The van der Waals surface area contributed by atoms with Gasteiger partial charge in [0.15, 0.2) is 0 Å². The molecule has 3 rings (SSSR count). The third-order valence-electron chi connectivity index (χ3n) is 6.48. The summed E-state index contributed by atoms with van der Waals surface area (Å²) >= 11 is 1.50. The van der Waals surface area contributed by atoms with Gasteiger partial charge in [-0.1, -0.05) is 46.1 Å². The quantitative estimate of drug-likeness (QED) is 0.135. The van der Waals surface area contributed by atoms with E-state index in [4.69, 9.17) is 9.15 Å². The number of ether oxygens (including phenoxy) is 1. The van der Waals surface area contributed by atoms with Crippen LogP contribution in [0.1, 0.15) is 109 Å². The van der Waals surface area contributed by atoms with Crippen LogP contribution in [0, 0.1) is 0 Å². The van der Waals surface area contributed by atoms with E-state index in [0.29, 0.717) is 39.2 Å². The third-order valence-corrected chi connectivity index (χ3v) is 7.53. The van der Waals surface area contributed by atoms with Crippen molar-refractivity contribution in [3.05, 3.63) is 63.0 Å². The second-order valence-electron chi connectivity index (χ2n) is 10.1. The van der Waals surface area contributed by atoms with Crippen molar-refractivity contribution in [2.24, 2.45) is 0 Å². The van der Waals surface area contributed by atoms with Crippen molar-refractivity contribution in [2.45, 2.75) is 85.7 Å². The second-order valence-corrected chi connectivity index (χ2v) is 11.2. The maximum atomic E-state index is 13.8. The average molecular weight is 538 g/mol. The molecule has 0 fully saturated rings. The summed E-state index contributed by atoms with van der Waals surface area (Å²) in [6.45, 7) is 13.4. The lowest BCUT2D eigenvalue weighted by molar-refractivity contribution is 0.0378. The van der Waals surface area contributed by atoms with Crippen molar-refractivity contribution in [1.82, 2.24) is 4.90 Å². The fraction of sp³-hybridized carbons (Fsp3) is 0.500. The number of rotatable bonds is 16. The number of hydrogen-bond acceptors (Lipinski definition) is 6. The Morgan fingerprint density at radius 2 is 1.71 bits per heavy atom. The number of thiophene rings is 1. The van der Waals surface area contributed by atoms with Crippen molar-refractivity contribution in [2.75, 3.05) is 19.6 Å². The molecule has 1 aromatic carbocycles. The Bertz CT molecular complexity index is 1210. The summed E-state index contributed by atoms with van der Waals surface area (Å²) in [7, 11) is 0. The van der Waals surface area contributed by atoms with Crippen LogP contribution in [0.5, 0.6) is 0 Å². The van der Waals surface area contributed by atoms with Crippen LogP contribution in [0.15, 0.2) is 40.8 Å². The van der Waals surface area contributed by atoms with Crippen LogP contribution in [0.25, 0.3) is 17.0 Å². The molecule has 2 heterocycles. The largest absolute Gasteiger partial charge is 0.460 e. The van der Waals surface area contributed by atoms with Gasteiger partial charge in [0.1, 0.15) is 11.3 Å². The van der Waals surface area contributed by atoms with E-state index in [0.717, 1.165) is 37.4 Å². The maximum Gasteiger partial charge on any atom is 0.338 e. The summed E-state index contributed by atoms with van der Waals surface area (Å²) in [5.41, 5.74) is 1.61. The molecule has 0 saturated carbocycles. The number of carbonyl (C=O) groups is 2. The highest BCUT2D eigenvalue weighted by Gasteiger charge is 2.24. The highest BCUT2D eigenvalue weighted by atomic mass is 32.1. The molecule has 3 aromatic rings. The molecular weight excluding hydrogens is 494 g/mol. The number of ketones is 1. The van der Waals surface area contributed by atoms with E-state index in [1.807, 2.05) is 26.0 Å². The molecule has 0 unspecified atom stereocenters. The summed E-state index contributed by atoms with van der Waals surface area (Å²) in [5.74, 6) is 0.239. The Hall–Kier alpha value is -2.70. The Balaban J connectivity index is 1.85. The lowest BCUT2D eigenvalue weighted by Crippen LogP contribution is -2.26. The molecule has 0 amide bonds. The minimum absolute atomic E-state index is 0.0543. The van der Waals surface area contributed by atoms with Crippen LogP contribution < -0.4 is 0 Å². The molecule has 2 aromatic heterocycles. The Morgan fingerprint density at radius 3 is 2.37 bits per heavy atom. The SMILES string of the molecule is CCCCc1oc2ccc(C(=O)OC(C)C)cc2c1C(=O)c1ccc(/C=C/CN(CCCC)CCCC)s1. The van der Waals surface area contributed by atoms with Crippen LogP contribution in [-0.2, 0) is 11.2 Å². The minimum atomic E-state index is -0.396. The van der Waals surface area contributed by atoms with Crippen LogP contribution >= 0.6 is 11.3 Å². The van der Waals surface area contributed by atoms with Gasteiger partial charge in [-0.2, -0.15) is 0 Å². The minimum Gasteiger partial charge on any atom is -0.460 e. The summed E-state index contributed by atoms with van der Waals surface area (Å²) in [5, 5.41) is 0.673. The number of unbranched alkanes of at least 4 members (excludes halogenated alkanes) is 3. The van der Waals surface area contributed by atoms with E-state index >= 15 is 0 Å². The van der Waals surface area contributed by atoms with Gasteiger partial charge < -0.3 is 9.15 Å². The average Bonchev–Trinajstić information content (AvgIpc) is 3.52. The molecule has 0 radical (unpaired) electrons. The Morgan fingerprint density at radius 1 is 1.00 bits per heavy atom. The zero-order valence-electron chi connectivity index (χ0n) is 23.7. The summed E-state index contributed by atoms with van der Waals surface area (Å²) < 4.78 is 11.5. The fourth-order valence-electron chi connectivity index (χ4n) is 4.38. The first-order valence-corrected chi connectivity index (χ1v) is 15.0. The van der Waals surface area contributed by atoms with Crippen LogP contribution in [0.2, 0.25) is 0 Å². The first kappa shape index (κ1) is 29.9. The number of hydrogen-bond donors (Lipinski definition) is 0. The monoisotopic (exact) mass is 537 g/mol. The van der Waals surface area contributed by atoms with E-state index in [2.05, 4.69) is 37.8 Å². The van der Waals surface area contributed by atoms with E-state index < -0.39 is 5.97 Å². The molecule has 206 valence electrons. The lowest BCUT2D eigenvalue weighted by atomic mass is 10.0. The van der Waals surface area contributed by atoms with Crippen LogP contribution in [-0.4, -0.2) is 42.4 Å². The smallest absolute Gasteiger partial charge is 0.338 e. The van der Waals surface area contributed by atoms with Gasteiger partial charge in [-0.05, 0) is 82.6 Å². The lowest BCUT2D eigenvalue weighted by Gasteiger charge is -2.19. The summed E-state index contributed by atoms with van der Waals surface area (Å²) in [6, 6.07) is 9.12. The molecule has 0 aliphatic heterocycles. The van der Waals surface area contributed by atoms with Crippen molar-refractivity contribution in [3.8, 4) is 0 Å². The highest BCUT2D eigenvalue weighted by molar-refractivity contribution is 7.15. The van der Waals surface area contributed by atoms with Gasteiger partial charge in [0.05, 0.1) is 22.1 Å². The van der Waals surface area contributed by atoms with E-state index in [1.165, 1.54) is 37.0 Å². The van der Waals surface area contributed by atoms with Gasteiger partial charge in [-0.15, -0.1) is 11.3 Å². The number of aryl methyl sites for hydroxylation is 1. The number of benzene rings is 1. The maximum absolute atomic E-state index is 13.8. The van der Waals surface area contributed by atoms with Crippen LogP contribution in [0.4, 0.5) is 0 Å². The van der Waals surface area contributed by atoms with Crippen molar-refractivity contribution < 1.29 is 18.7 Å². The zero-order valence-corrected chi connectivity index (χ0v) is 24.5. The molecule has 38 heavy (non-hydrogen) atoms. The molecular formula is C32H43NO4S. The van der Waals surface area contributed by atoms with E-state index in [1.54, 1.807) is 18.2 Å². The highest BCUT2D eigenvalue weighted by Crippen LogP contribution is 2.32. The molecule has 0 saturated heterocycles. The van der Waals surface area contributed by atoms with Gasteiger partial charge >= 0.3 is 5.97 Å². The number of fused-ring (bicyclic) bond motifs is 1. The summed E-state index contributed by atoms with van der Waals surface area (Å²) in [4.78, 5) is 30.6. The molecule has 6 heteroatoms. The third kappa shape index (κ3) is 8.15. The normalized spacial score (nSPS) is 11.9. The topological polar surface area (TPSA) is 59.8 Å². The second kappa shape index (κ2) is 15.0. The van der Waals surface area contributed by atoms with E-state index in [9.17, 15) is 9.59 Å². The first-order chi connectivity index (χ1) is 18.4. The van der Waals surface area contributed by atoms with Crippen LogP contribution in [0.3, 0.4) is 0 Å². The van der Waals surface area contributed by atoms with Crippen molar-refractivity contribution >= 4 is 40.1 Å². The van der Waals surface area contributed by atoms with Gasteiger partial charge in [0.2, 0.25) is 5.78 Å². The van der Waals surface area contributed by atoms with Gasteiger partial charge in [-0.25, -0.2) is 4.79 Å². The predicted octanol–water partition coefficient (Wildman–Crippen LogP) is 8.55. The number of carbonyl (C=O) groups excluding carboxylic acids is 2. The van der Waals surface area contributed by atoms with Crippen molar-refractivity contribution in [3.63, 3.8) is 0 Å². The Kier molecular flexibility index (Phi) is 11.8. The van der Waals surface area contributed by atoms with Gasteiger partial charge in [0, 0.05) is 23.2 Å². The van der Waals surface area contributed by atoms with Gasteiger partial charge in [-0.3, -0.25) is 9.69 Å². The fourth-order valence-corrected chi connectivity index (χ4v) is 5.27. The Labute approximate surface area is 231 Å². The molecule has 5 nitrogen and oxygen atoms in total. The molecule has 0 atom stereocenters. The van der Waals surface area contributed by atoms with Crippen molar-refractivity contribution in [1.29, 1.82) is 0 Å². The molecule has 0 bridgehead atoms. The zero-order chi connectivity index (χ0) is 27.5. The molecule has 0 aliphatic rings. The number of furan rings is 1. The molecule has 0 N–H and O–H groups in total. The predicted molar refractivity (Wildman–Crippen MR) is 158 cm³/mol. The molecule has 0 aliphatic carbocycles. The number of esters is 1. The van der Waals surface area contributed by atoms with Gasteiger partial charge in [0.25, 0.3) is 0 Å². The van der Waals surface area contributed by atoms with E-state index in [-0.39, 0.29) is 11.9 Å². The number of nitrogens with zero attached hydrogens (tertiary/aromatic N) is 1.